The average Bonchev–Trinajstić information content (AvgIpc) is 2.89. The lowest BCUT2D eigenvalue weighted by Gasteiger charge is -2.44. The molecule has 1 aromatic carbocycles. The van der Waals surface area contributed by atoms with Gasteiger partial charge in [0.1, 0.15) is 22.7 Å². The van der Waals surface area contributed by atoms with Crippen LogP contribution >= 0.6 is 35.0 Å². The number of amides is 2. The minimum atomic E-state index is -1.68. The molecule has 0 saturated carbocycles. The second-order valence-electron chi connectivity index (χ2n) is 10.4. The number of rotatable bonds is 8. The minimum Gasteiger partial charge on any atom is -0.495 e. The molecule has 15 heteroatoms. The first-order chi connectivity index (χ1) is 19.8. The van der Waals surface area contributed by atoms with Gasteiger partial charge in [0.15, 0.2) is 5.16 Å². The van der Waals surface area contributed by atoms with Crippen LogP contribution in [0.25, 0.3) is 22.2 Å². The van der Waals surface area contributed by atoms with Crippen molar-refractivity contribution < 1.29 is 28.2 Å². The van der Waals surface area contributed by atoms with E-state index >= 15 is 0 Å². The fourth-order valence-corrected chi connectivity index (χ4v) is 5.54. The highest BCUT2D eigenvalue weighted by Crippen LogP contribution is 2.45. The maximum atomic E-state index is 14.3. The van der Waals surface area contributed by atoms with Gasteiger partial charge in [-0.05, 0) is 33.1 Å². The molecule has 0 N–H and O–H groups in total. The van der Waals surface area contributed by atoms with Crippen LogP contribution in [0.5, 0.6) is 11.5 Å². The van der Waals surface area contributed by atoms with E-state index in [4.69, 9.17) is 37.4 Å². The zero-order chi connectivity index (χ0) is 30.9. The second-order valence-corrected chi connectivity index (χ2v) is 11.9. The van der Waals surface area contributed by atoms with E-state index in [-0.39, 0.29) is 64.5 Å². The van der Waals surface area contributed by atoms with Crippen molar-refractivity contribution in [1.29, 1.82) is 0 Å². The van der Waals surface area contributed by atoms with Gasteiger partial charge in [-0.1, -0.05) is 35.0 Å². The number of carbonyl (C=O) groups excluding carboxylic acids is 2. The molecule has 1 aliphatic heterocycles. The topological polar surface area (TPSA) is 116 Å². The van der Waals surface area contributed by atoms with Crippen molar-refractivity contribution in [2.45, 2.75) is 44.1 Å². The first-order valence-electron chi connectivity index (χ1n) is 12.8. The van der Waals surface area contributed by atoms with Crippen LogP contribution in [0.15, 0.2) is 28.3 Å². The molecule has 226 valence electrons. The van der Waals surface area contributed by atoms with Crippen molar-refractivity contribution in [3.63, 3.8) is 0 Å². The van der Waals surface area contributed by atoms with Crippen LogP contribution in [0.4, 0.5) is 14.0 Å². The van der Waals surface area contributed by atoms with Gasteiger partial charge in [-0.3, -0.25) is 9.36 Å². The standard InChI is InChI=1S/C27H30Cl2FN5O6S/c1-27(2,3)41-26(38)33-12-15(13-33)34(24(30)37)7-8-35-22-14(11-31-25(32-22)42-6)9-16(23(35)36)19-20(28)17(39-4)10-18(40-5)21(19)29/h9-11,15H,7-8,12-13H2,1-6H3. The molecule has 42 heavy (non-hydrogen) atoms. The minimum absolute atomic E-state index is 0.0882. The van der Waals surface area contributed by atoms with E-state index in [1.165, 1.54) is 41.5 Å². The van der Waals surface area contributed by atoms with Crippen molar-refractivity contribution >= 4 is 58.3 Å². The number of hydrogen-bond acceptors (Lipinski definition) is 9. The number of benzene rings is 1. The van der Waals surface area contributed by atoms with Crippen molar-refractivity contribution in [3.8, 4) is 22.6 Å². The molecule has 4 rings (SSSR count). The highest BCUT2D eigenvalue weighted by molar-refractivity contribution is 7.98. The number of aromatic nitrogens is 3. The van der Waals surface area contributed by atoms with Gasteiger partial charge in [0.2, 0.25) is 0 Å². The molecular formula is C27H30Cl2FN5O6S. The van der Waals surface area contributed by atoms with Crippen LogP contribution in [0.1, 0.15) is 20.8 Å². The summed E-state index contributed by atoms with van der Waals surface area (Å²) in [7, 11) is 2.84. The summed E-state index contributed by atoms with van der Waals surface area (Å²) < 4.78 is 31.7. The largest absolute Gasteiger partial charge is 0.495 e. The van der Waals surface area contributed by atoms with Gasteiger partial charge in [-0.25, -0.2) is 19.6 Å². The van der Waals surface area contributed by atoms with Crippen LogP contribution in [-0.2, 0) is 11.3 Å². The molecule has 1 aliphatic rings. The van der Waals surface area contributed by atoms with Gasteiger partial charge in [0.25, 0.3) is 5.56 Å². The van der Waals surface area contributed by atoms with E-state index in [0.717, 1.165) is 4.90 Å². The van der Waals surface area contributed by atoms with Crippen LogP contribution < -0.4 is 15.0 Å². The Labute approximate surface area is 255 Å². The summed E-state index contributed by atoms with van der Waals surface area (Å²) in [4.78, 5) is 49.6. The molecule has 2 amide bonds. The summed E-state index contributed by atoms with van der Waals surface area (Å²) in [6.45, 7) is 5.10. The molecule has 0 bridgehead atoms. The number of carbonyl (C=O) groups is 2. The molecule has 3 aromatic rings. The second kappa shape index (κ2) is 12.5. The Morgan fingerprint density at radius 2 is 1.76 bits per heavy atom. The number of nitrogens with zero attached hydrogens (tertiary/aromatic N) is 5. The Bertz CT molecular complexity index is 1560. The zero-order valence-corrected chi connectivity index (χ0v) is 26.2. The van der Waals surface area contributed by atoms with Crippen LogP contribution in [0, 0.1) is 0 Å². The lowest BCUT2D eigenvalue weighted by Crippen LogP contribution is -2.62. The van der Waals surface area contributed by atoms with Crippen LogP contribution in [0.2, 0.25) is 10.0 Å². The maximum absolute atomic E-state index is 14.3. The van der Waals surface area contributed by atoms with Crippen molar-refractivity contribution in [1.82, 2.24) is 24.3 Å². The van der Waals surface area contributed by atoms with Gasteiger partial charge in [-0.15, -0.1) is 4.39 Å². The smallest absolute Gasteiger partial charge is 0.410 e. The molecule has 0 spiro atoms. The van der Waals surface area contributed by atoms with E-state index in [1.807, 2.05) is 0 Å². The van der Waals surface area contributed by atoms with E-state index in [9.17, 15) is 18.8 Å². The number of methoxy groups -OCH3 is 2. The molecule has 3 heterocycles. The number of thioether (sulfide) groups is 1. The Kier molecular flexibility index (Phi) is 9.43. The average molecular weight is 643 g/mol. The molecule has 0 radical (unpaired) electrons. The first kappa shape index (κ1) is 31.6. The van der Waals surface area contributed by atoms with Gasteiger partial charge < -0.3 is 24.0 Å². The summed E-state index contributed by atoms with van der Waals surface area (Å²) in [5, 5.41) is 1.07. The highest BCUT2D eigenvalue weighted by Gasteiger charge is 2.39. The molecule has 0 atom stereocenters. The molecule has 0 unspecified atom stereocenters. The van der Waals surface area contributed by atoms with E-state index in [0.29, 0.717) is 10.5 Å². The fourth-order valence-electron chi connectivity index (χ4n) is 4.50. The molecule has 1 saturated heterocycles. The van der Waals surface area contributed by atoms with E-state index in [2.05, 4.69) is 9.97 Å². The Balaban J connectivity index is 1.74. The summed E-state index contributed by atoms with van der Waals surface area (Å²) in [5.41, 5.74) is -0.674. The maximum Gasteiger partial charge on any atom is 0.410 e. The number of halogens is 3. The van der Waals surface area contributed by atoms with E-state index < -0.39 is 29.5 Å². The van der Waals surface area contributed by atoms with Gasteiger partial charge in [0, 0.05) is 49.4 Å². The Morgan fingerprint density at radius 1 is 1.14 bits per heavy atom. The first-order valence-corrected chi connectivity index (χ1v) is 14.8. The SMILES string of the molecule is COc1cc(OC)c(Cl)c(-c2cc3cnc(SC)nc3n(CCN(C(=O)F)C3CN(C(=O)OC(C)(C)C)C3)c2=O)c1Cl. The van der Waals surface area contributed by atoms with Gasteiger partial charge >= 0.3 is 12.3 Å². The highest BCUT2D eigenvalue weighted by atomic mass is 35.5. The van der Waals surface area contributed by atoms with E-state index in [1.54, 1.807) is 39.3 Å². The summed E-state index contributed by atoms with van der Waals surface area (Å²) in [5.74, 6) is 0.475. The summed E-state index contributed by atoms with van der Waals surface area (Å²) in [6, 6.07) is 2.47. The zero-order valence-electron chi connectivity index (χ0n) is 23.9. The third kappa shape index (κ3) is 6.37. The number of ether oxygens (including phenoxy) is 3. The number of likely N-dealkylation sites (tertiary alicyclic amines) is 1. The van der Waals surface area contributed by atoms with Crippen molar-refractivity contribution in [2.75, 3.05) is 40.1 Å². The van der Waals surface area contributed by atoms with Crippen LogP contribution in [0.3, 0.4) is 0 Å². The monoisotopic (exact) mass is 641 g/mol. The molecule has 0 aliphatic carbocycles. The fraction of sp³-hybridized carbons (Fsp3) is 0.444. The predicted octanol–water partition coefficient (Wildman–Crippen LogP) is 5.52. The third-order valence-corrected chi connectivity index (χ3v) is 7.89. The summed E-state index contributed by atoms with van der Waals surface area (Å²) in [6.07, 6.45) is 1.11. The molecule has 2 aromatic heterocycles. The summed E-state index contributed by atoms with van der Waals surface area (Å²) >= 11 is 14.5. The third-order valence-electron chi connectivity index (χ3n) is 6.58. The molecular weight excluding hydrogens is 612 g/mol. The Morgan fingerprint density at radius 3 is 2.29 bits per heavy atom. The number of hydrogen-bond donors (Lipinski definition) is 0. The van der Waals surface area contributed by atoms with Gasteiger partial charge in [0.05, 0.1) is 35.9 Å². The van der Waals surface area contributed by atoms with Crippen molar-refractivity contribution in [3.05, 3.63) is 38.7 Å². The Hall–Kier alpha value is -3.29. The lowest BCUT2D eigenvalue weighted by atomic mass is 10.0. The normalized spacial score (nSPS) is 13.6. The van der Waals surface area contributed by atoms with Crippen molar-refractivity contribution in [2.24, 2.45) is 0 Å². The molecule has 11 nitrogen and oxygen atoms in total. The van der Waals surface area contributed by atoms with Gasteiger partial charge in [-0.2, -0.15) is 0 Å². The lowest BCUT2D eigenvalue weighted by molar-refractivity contribution is -0.0107. The number of pyridine rings is 1. The van der Waals surface area contributed by atoms with Crippen LogP contribution in [-0.4, -0.2) is 88.3 Å². The number of fused-ring (bicyclic) bond motifs is 1. The predicted molar refractivity (Wildman–Crippen MR) is 159 cm³/mol. The quantitative estimate of drug-likeness (QED) is 0.136. The molecule has 1 fully saturated rings.